The van der Waals surface area contributed by atoms with Crippen molar-refractivity contribution in [1.82, 2.24) is 4.72 Å². The zero-order valence-electron chi connectivity index (χ0n) is 12.2. The van der Waals surface area contributed by atoms with Gasteiger partial charge in [0.05, 0.1) is 19.1 Å². The fourth-order valence-electron chi connectivity index (χ4n) is 1.89. The van der Waals surface area contributed by atoms with Gasteiger partial charge >= 0.3 is 0 Å². The van der Waals surface area contributed by atoms with E-state index in [1.165, 1.54) is 32.4 Å². The third kappa shape index (κ3) is 3.75. The maximum Gasteiger partial charge on any atom is 0.240 e. The summed E-state index contributed by atoms with van der Waals surface area (Å²) in [4.78, 5) is -0.118. The van der Waals surface area contributed by atoms with E-state index >= 15 is 0 Å². The van der Waals surface area contributed by atoms with Crippen LogP contribution in [0, 0.1) is 5.82 Å². The molecule has 0 amide bonds. The van der Waals surface area contributed by atoms with Crippen molar-refractivity contribution >= 4 is 10.0 Å². The molecule has 0 aliphatic carbocycles. The van der Waals surface area contributed by atoms with E-state index in [2.05, 4.69) is 4.72 Å². The molecule has 7 heteroatoms. The van der Waals surface area contributed by atoms with Gasteiger partial charge in [0.2, 0.25) is 10.0 Å². The first-order valence-corrected chi connectivity index (χ1v) is 7.90. The topological polar surface area (TPSA) is 64.6 Å². The molecule has 0 spiro atoms. The van der Waals surface area contributed by atoms with E-state index in [0.29, 0.717) is 17.1 Å². The third-order valence-electron chi connectivity index (χ3n) is 3.02. The Morgan fingerprint density at radius 1 is 1.05 bits per heavy atom. The molecule has 0 unspecified atom stereocenters. The smallest absolute Gasteiger partial charge is 0.240 e. The van der Waals surface area contributed by atoms with Crippen LogP contribution in [0.2, 0.25) is 0 Å². The fraction of sp³-hybridized carbons (Fsp3) is 0.200. The Labute approximate surface area is 128 Å². The first-order chi connectivity index (χ1) is 10.5. The highest BCUT2D eigenvalue weighted by molar-refractivity contribution is 7.89. The SMILES string of the molecule is COc1ccc(CNS(=O)(=O)c2cccc(F)c2)cc1OC. The van der Waals surface area contributed by atoms with Crippen LogP contribution in [0.15, 0.2) is 47.4 Å². The van der Waals surface area contributed by atoms with Crippen LogP contribution >= 0.6 is 0 Å². The molecule has 0 bridgehead atoms. The standard InChI is InChI=1S/C15H16FNO4S/c1-20-14-7-6-11(8-15(14)21-2)10-17-22(18,19)13-5-3-4-12(16)9-13/h3-9,17H,10H2,1-2H3. The zero-order chi connectivity index (χ0) is 16.2. The van der Waals surface area contributed by atoms with Crippen LogP contribution in [-0.4, -0.2) is 22.6 Å². The normalized spacial score (nSPS) is 11.2. The van der Waals surface area contributed by atoms with Gasteiger partial charge in [-0.2, -0.15) is 0 Å². The van der Waals surface area contributed by atoms with E-state index in [1.54, 1.807) is 18.2 Å². The van der Waals surface area contributed by atoms with Crippen LogP contribution in [0.3, 0.4) is 0 Å². The second-order valence-electron chi connectivity index (χ2n) is 4.47. The van der Waals surface area contributed by atoms with Gasteiger partial charge in [0, 0.05) is 6.54 Å². The molecule has 2 aromatic rings. The van der Waals surface area contributed by atoms with Gasteiger partial charge in [0.1, 0.15) is 5.82 Å². The number of nitrogens with one attached hydrogen (secondary N) is 1. The van der Waals surface area contributed by atoms with Crippen LogP contribution < -0.4 is 14.2 Å². The molecular formula is C15H16FNO4S. The summed E-state index contributed by atoms with van der Waals surface area (Å²) in [7, 11) is -0.762. The highest BCUT2D eigenvalue weighted by Gasteiger charge is 2.15. The van der Waals surface area contributed by atoms with Crippen LogP contribution in [0.4, 0.5) is 4.39 Å². The van der Waals surface area contributed by atoms with Crippen LogP contribution in [0.5, 0.6) is 11.5 Å². The minimum absolute atomic E-state index is 0.0548. The highest BCUT2D eigenvalue weighted by atomic mass is 32.2. The minimum atomic E-state index is -3.78. The Bertz CT molecular complexity index is 762. The van der Waals surface area contributed by atoms with Crippen molar-refractivity contribution in [2.45, 2.75) is 11.4 Å². The van der Waals surface area contributed by atoms with Crippen LogP contribution in [0.25, 0.3) is 0 Å². The van der Waals surface area contributed by atoms with Gasteiger partial charge in [-0.1, -0.05) is 12.1 Å². The molecule has 2 aromatic carbocycles. The van der Waals surface area contributed by atoms with E-state index in [0.717, 1.165) is 6.07 Å². The molecule has 2 rings (SSSR count). The fourth-order valence-corrected chi connectivity index (χ4v) is 2.94. The lowest BCUT2D eigenvalue weighted by Gasteiger charge is -2.11. The molecule has 0 saturated carbocycles. The Kier molecular flexibility index (Phi) is 4.99. The summed E-state index contributed by atoms with van der Waals surface area (Å²) in [5.74, 6) is 0.457. The highest BCUT2D eigenvalue weighted by Crippen LogP contribution is 2.27. The molecule has 118 valence electrons. The number of hydrogen-bond donors (Lipinski definition) is 1. The maximum atomic E-state index is 13.1. The number of rotatable bonds is 6. The van der Waals surface area contributed by atoms with Gasteiger partial charge in [0.25, 0.3) is 0 Å². The Morgan fingerprint density at radius 2 is 1.77 bits per heavy atom. The number of hydrogen-bond acceptors (Lipinski definition) is 4. The van der Waals surface area contributed by atoms with Crippen LogP contribution in [0.1, 0.15) is 5.56 Å². The summed E-state index contributed by atoms with van der Waals surface area (Å²) in [6.45, 7) is 0.0548. The number of sulfonamides is 1. The third-order valence-corrected chi connectivity index (χ3v) is 4.42. The lowest BCUT2D eigenvalue weighted by atomic mass is 10.2. The van der Waals surface area contributed by atoms with E-state index in [4.69, 9.17) is 9.47 Å². The van der Waals surface area contributed by atoms with Gasteiger partial charge in [-0.05, 0) is 35.9 Å². The van der Waals surface area contributed by atoms with Gasteiger partial charge in [-0.25, -0.2) is 17.5 Å². The largest absolute Gasteiger partial charge is 0.493 e. The predicted octanol–water partition coefficient (Wildman–Crippen LogP) is 2.32. The molecule has 0 fully saturated rings. The minimum Gasteiger partial charge on any atom is -0.493 e. The summed E-state index contributed by atoms with van der Waals surface area (Å²) in [6, 6.07) is 9.91. The van der Waals surface area contributed by atoms with Gasteiger partial charge in [0.15, 0.2) is 11.5 Å². The van der Waals surface area contributed by atoms with Gasteiger partial charge in [-0.15, -0.1) is 0 Å². The Morgan fingerprint density at radius 3 is 2.41 bits per heavy atom. The number of methoxy groups -OCH3 is 2. The first-order valence-electron chi connectivity index (χ1n) is 6.42. The van der Waals surface area contributed by atoms with Gasteiger partial charge < -0.3 is 9.47 Å². The summed E-state index contributed by atoms with van der Waals surface area (Å²) < 4.78 is 50.0. The van der Waals surface area contributed by atoms with Crippen LogP contribution in [-0.2, 0) is 16.6 Å². The molecule has 0 aromatic heterocycles. The first kappa shape index (κ1) is 16.3. The van der Waals surface area contributed by atoms with Crippen molar-refractivity contribution in [1.29, 1.82) is 0 Å². The number of ether oxygens (including phenoxy) is 2. The molecular weight excluding hydrogens is 309 g/mol. The molecule has 0 radical (unpaired) electrons. The predicted molar refractivity (Wildman–Crippen MR) is 80.0 cm³/mol. The van der Waals surface area contributed by atoms with Crippen molar-refractivity contribution in [2.24, 2.45) is 0 Å². The monoisotopic (exact) mass is 325 g/mol. The molecule has 1 N–H and O–H groups in total. The van der Waals surface area contributed by atoms with E-state index < -0.39 is 15.8 Å². The average molecular weight is 325 g/mol. The summed E-state index contributed by atoms with van der Waals surface area (Å²) in [6.07, 6.45) is 0. The van der Waals surface area contributed by atoms with Crippen molar-refractivity contribution in [3.63, 3.8) is 0 Å². The lowest BCUT2D eigenvalue weighted by molar-refractivity contribution is 0.354. The lowest BCUT2D eigenvalue weighted by Crippen LogP contribution is -2.23. The quantitative estimate of drug-likeness (QED) is 0.885. The second kappa shape index (κ2) is 6.76. The molecule has 0 aliphatic rings. The van der Waals surface area contributed by atoms with Crippen molar-refractivity contribution in [3.05, 3.63) is 53.8 Å². The van der Waals surface area contributed by atoms with E-state index in [-0.39, 0.29) is 11.4 Å². The van der Waals surface area contributed by atoms with Crippen molar-refractivity contribution < 1.29 is 22.3 Å². The Hall–Kier alpha value is -2.12. The number of benzene rings is 2. The Balaban J connectivity index is 2.15. The molecule has 22 heavy (non-hydrogen) atoms. The summed E-state index contributed by atoms with van der Waals surface area (Å²) in [5, 5.41) is 0. The summed E-state index contributed by atoms with van der Waals surface area (Å²) in [5.41, 5.74) is 0.692. The number of halogens is 1. The molecule has 0 atom stereocenters. The van der Waals surface area contributed by atoms with E-state index in [9.17, 15) is 12.8 Å². The molecule has 0 saturated heterocycles. The molecule has 5 nitrogen and oxygen atoms in total. The summed E-state index contributed by atoms with van der Waals surface area (Å²) >= 11 is 0. The van der Waals surface area contributed by atoms with E-state index in [1.807, 2.05) is 0 Å². The molecule has 0 aliphatic heterocycles. The van der Waals surface area contributed by atoms with Gasteiger partial charge in [-0.3, -0.25) is 0 Å². The van der Waals surface area contributed by atoms with Crippen molar-refractivity contribution in [2.75, 3.05) is 14.2 Å². The second-order valence-corrected chi connectivity index (χ2v) is 6.24. The zero-order valence-corrected chi connectivity index (χ0v) is 13.0. The van der Waals surface area contributed by atoms with Crippen molar-refractivity contribution in [3.8, 4) is 11.5 Å². The average Bonchev–Trinajstić information content (AvgIpc) is 2.52. The molecule has 0 heterocycles. The maximum absolute atomic E-state index is 13.1.